The van der Waals surface area contributed by atoms with Gasteiger partial charge in [0.25, 0.3) is 0 Å². The molecule has 6 heteroatoms. The van der Waals surface area contributed by atoms with Crippen LogP contribution in [0.5, 0.6) is 0 Å². The molecule has 1 atom stereocenters. The van der Waals surface area contributed by atoms with E-state index >= 15 is 0 Å². The van der Waals surface area contributed by atoms with Gasteiger partial charge in [-0.3, -0.25) is 9.59 Å². The fourth-order valence-electron chi connectivity index (χ4n) is 1.64. The second-order valence-electron chi connectivity index (χ2n) is 3.95. The number of ketones is 1. The maximum absolute atomic E-state index is 12.0. The number of anilines is 1. The molecule has 0 amide bonds. The lowest BCUT2D eigenvalue weighted by atomic mass is 10.0. The van der Waals surface area contributed by atoms with Gasteiger partial charge in [-0.05, 0) is 12.1 Å². The Bertz CT molecular complexity index is 554. The van der Waals surface area contributed by atoms with E-state index in [0.29, 0.717) is 9.10 Å². The van der Waals surface area contributed by atoms with E-state index in [4.69, 9.17) is 17.3 Å². The standard InChI is InChI=1S/C13H11NO3S2/c15-11(16)6-9-12(17)10(19-13(9)18)7-14-8-4-2-1-3-5-8/h1-5,7,9,14H,6H2,(H,15,16)/b10-7-/t9-/m0/s1. The lowest BCUT2D eigenvalue weighted by Gasteiger charge is -2.02. The van der Waals surface area contributed by atoms with E-state index in [1.807, 2.05) is 30.3 Å². The number of carbonyl (C=O) groups excluding carboxylic acids is 1. The van der Waals surface area contributed by atoms with Crippen molar-refractivity contribution in [1.82, 2.24) is 0 Å². The van der Waals surface area contributed by atoms with Crippen LogP contribution in [0.2, 0.25) is 0 Å². The molecule has 19 heavy (non-hydrogen) atoms. The number of rotatable bonds is 4. The number of aliphatic carboxylic acids is 1. The van der Waals surface area contributed by atoms with Gasteiger partial charge in [0.05, 0.1) is 21.4 Å². The first kappa shape index (κ1) is 13.8. The van der Waals surface area contributed by atoms with Crippen LogP contribution < -0.4 is 5.32 Å². The first-order valence-corrected chi connectivity index (χ1v) is 6.80. The maximum atomic E-state index is 12.0. The molecular formula is C13H11NO3S2. The Kier molecular flexibility index (Phi) is 4.34. The van der Waals surface area contributed by atoms with Gasteiger partial charge in [-0.1, -0.05) is 42.2 Å². The number of hydrogen-bond acceptors (Lipinski definition) is 5. The lowest BCUT2D eigenvalue weighted by molar-refractivity contribution is -0.139. The Morgan fingerprint density at radius 2 is 2.11 bits per heavy atom. The number of thiocarbonyl (C=S) groups is 1. The Morgan fingerprint density at radius 1 is 1.42 bits per heavy atom. The highest BCUT2D eigenvalue weighted by molar-refractivity contribution is 8.27. The van der Waals surface area contributed by atoms with Gasteiger partial charge in [-0.25, -0.2) is 0 Å². The molecule has 1 aliphatic rings. The molecule has 98 valence electrons. The van der Waals surface area contributed by atoms with E-state index in [1.165, 1.54) is 0 Å². The summed E-state index contributed by atoms with van der Waals surface area (Å²) in [6, 6.07) is 9.39. The molecule has 0 aliphatic carbocycles. The summed E-state index contributed by atoms with van der Waals surface area (Å²) in [6.07, 6.45) is 1.34. The summed E-state index contributed by atoms with van der Waals surface area (Å²) in [5, 5.41) is 11.7. The molecule has 0 spiro atoms. The fraction of sp³-hybridized carbons (Fsp3) is 0.154. The average molecular weight is 293 g/mol. The third-order valence-corrected chi connectivity index (χ3v) is 4.14. The summed E-state index contributed by atoms with van der Waals surface area (Å²) in [5.74, 6) is -1.93. The van der Waals surface area contributed by atoms with Gasteiger partial charge < -0.3 is 10.4 Å². The van der Waals surface area contributed by atoms with Crippen molar-refractivity contribution in [2.75, 3.05) is 5.32 Å². The number of carbonyl (C=O) groups is 2. The Morgan fingerprint density at radius 3 is 2.74 bits per heavy atom. The van der Waals surface area contributed by atoms with Crippen LogP contribution in [0.1, 0.15) is 6.42 Å². The number of carboxylic acid groups (broad SMARTS) is 1. The molecule has 1 aromatic carbocycles. The summed E-state index contributed by atoms with van der Waals surface area (Å²) in [6.45, 7) is 0. The number of carboxylic acids is 1. The molecule has 1 saturated heterocycles. The molecule has 1 aromatic rings. The molecule has 2 rings (SSSR count). The highest BCUT2D eigenvalue weighted by Crippen LogP contribution is 2.36. The minimum Gasteiger partial charge on any atom is -0.481 e. The number of hydrogen-bond donors (Lipinski definition) is 2. The van der Waals surface area contributed by atoms with Crippen molar-refractivity contribution in [1.29, 1.82) is 0 Å². The van der Waals surface area contributed by atoms with Gasteiger partial charge in [-0.15, -0.1) is 0 Å². The van der Waals surface area contributed by atoms with Crippen LogP contribution >= 0.6 is 24.0 Å². The van der Waals surface area contributed by atoms with Crippen LogP contribution in [0.4, 0.5) is 5.69 Å². The Labute approximate surface area is 119 Å². The van der Waals surface area contributed by atoms with Crippen LogP contribution in [0, 0.1) is 5.92 Å². The van der Waals surface area contributed by atoms with Gasteiger partial charge in [-0.2, -0.15) is 0 Å². The van der Waals surface area contributed by atoms with Gasteiger partial charge in [0.15, 0.2) is 5.78 Å². The van der Waals surface area contributed by atoms with Crippen molar-refractivity contribution in [3.8, 4) is 0 Å². The normalized spacial score (nSPS) is 20.8. The third kappa shape index (κ3) is 3.42. The zero-order valence-corrected chi connectivity index (χ0v) is 11.5. The molecule has 0 aromatic heterocycles. The van der Waals surface area contributed by atoms with Crippen LogP contribution in [0.3, 0.4) is 0 Å². The van der Waals surface area contributed by atoms with E-state index in [1.54, 1.807) is 6.20 Å². The van der Waals surface area contributed by atoms with Crippen molar-refractivity contribution in [2.24, 2.45) is 5.92 Å². The van der Waals surface area contributed by atoms with Gasteiger partial charge in [0, 0.05) is 11.9 Å². The second kappa shape index (κ2) is 5.99. The van der Waals surface area contributed by atoms with Gasteiger partial charge >= 0.3 is 5.97 Å². The zero-order chi connectivity index (χ0) is 13.8. The predicted molar refractivity (Wildman–Crippen MR) is 79.1 cm³/mol. The quantitative estimate of drug-likeness (QED) is 0.657. The van der Waals surface area contributed by atoms with Crippen LogP contribution in [-0.2, 0) is 9.59 Å². The van der Waals surface area contributed by atoms with Crippen molar-refractivity contribution >= 4 is 45.6 Å². The number of Topliss-reactive ketones (excluding diaryl/α,β-unsaturated/α-hetero) is 1. The first-order valence-electron chi connectivity index (χ1n) is 5.57. The monoisotopic (exact) mass is 293 g/mol. The smallest absolute Gasteiger partial charge is 0.304 e. The van der Waals surface area contributed by atoms with Crippen molar-refractivity contribution in [2.45, 2.75) is 6.42 Å². The van der Waals surface area contributed by atoms with Crippen LogP contribution in [0.25, 0.3) is 0 Å². The van der Waals surface area contributed by atoms with Crippen molar-refractivity contribution in [3.63, 3.8) is 0 Å². The summed E-state index contributed by atoms with van der Waals surface area (Å²) >= 11 is 6.21. The molecule has 1 heterocycles. The Balaban J connectivity index is 2.08. The molecule has 2 N–H and O–H groups in total. The fourth-order valence-corrected chi connectivity index (χ4v) is 3.01. The van der Waals surface area contributed by atoms with E-state index in [0.717, 1.165) is 17.4 Å². The molecule has 1 fully saturated rings. The minimum absolute atomic E-state index is 0.221. The molecule has 1 aliphatic heterocycles. The molecule has 0 bridgehead atoms. The molecule has 4 nitrogen and oxygen atoms in total. The predicted octanol–water partition coefficient (Wildman–Crippen LogP) is 2.67. The topological polar surface area (TPSA) is 66.4 Å². The largest absolute Gasteiger partial charge is 0.481 e. The van der Waals surface area contributed by atoms with Crippen molar-refractivity contribution in [3.05, 3.63) is 41.4 Å². The third-order valence-electron chi connectivity index (χ3n) is 2.58. The van der Waals surface area contributed by atoms with Gasteiger partial charge in [0.2, 0.25) is 0 Å². The zero-order valence-electron chi connectivity index (χ0n) is 9.83. The summed E-state index contributed by atoms with van der Waals surface area (Å²) in [5.41, 5.74) is 0.857. The molecular weight excluding hydrogens is 282 g/mol. The second-order valence-corrected chi connectivity index (χ2v) is 5.74. The number of thioether (sulfide) groups is 1. The maximum Gasteiger partial charge on any atom is 0.304 e. The number of allylic oxidation sites excluding steroid dienone is 1. The summed E-state index contributed by atoms with van der Waals surface area (Å²) in [4.78, 5) is 23.1. The number of benzene rings is 1. The Hall–Kier alpha value is -1.66. The van der Waals surface area contributed by atoms with Crippen LogP contribution in [0.15, 0.2) is 41.4 Å². The molecule has 0 radical (unpaired) electrons. The summed E-state index contributed by atoms with van der Waals surface area (Å²) < 4.78 is 0.425. The SMILES string of the molecule is O=C(O)C[C@H]1C(=O)/C(=C/Nc2ccccc2)SC1=S. The molecule has 0 saturated carbocycles. The number of nitrogens with one attached hydrogen (secondary N) is 1. The first-order chi connectivity index (χ1) is 9.08. The van der Waals surface area contributed by atoms with Crippen molar-refractivity contribution < 1.29 is 14.7 Å². The summed E-state index contributed by atoms with van der Waals surface area (Å²) in [7, 11) is 0. The number of para-hydroxylation sites is 1. The van der Waals surface area contributed by atoms with Crippen LogP contribution in [-0.4, -0.2) is 21.1 Å². The van der Waals surface area contributed by atoms with E-state index in [2.05, 4.69) is 5.32 Å². The average Bonchev–Trinajstić information content (AvgIpc) is 2.65. The van der Waals surface area contributed by atoms with Gasteiger partial charge in [0.1, 0.15) is 0 Å². The molecule has 0 unspecified atom stereocenters. The minimum atomic E-state index is -1.02. The highest BCUT2D eigenvalue weighted by atomic mass is 32.2. The lowest BCUT2D eigenvalue weighted by Crippen LogP contribution is -2.17. The van der Waals surface area contributed by atoms with E-state index < -0.39 is 11.9 Å². The van der Waals surface area contributed by atoms with E-state index in [9.17, 15) is 9.59 Å². The van der Waals surface area contributed by atoms with E-state index in [-0.39, 0.29) is 12.2 Å². The highest BCUT2D eigenvalue weighted by Gasteiger charge is 2.36.